The third-order valence-electron chi connectivity index (χ3n) is 4.40. The van der Waals surface area contributed by atoms with Gasteiger partial charge in [0, 0.05) is 17.8 Å². The van der Waals surface area contributed by atoms with Crippen LogP contribution in [0.3, 0.4) is 0 Å². The minimum Gasteiger partial charge on any atom is -0.459 e. The summed E-state index contributed by atoms with van der Waals surface area (Å²) >= 11 is 0. The zero-order valence-corrected chi connectivity index (χ0v) is 10.9. The second-order valence-corrected chi connectivity index (χ2v) is 5.73. The van der Waals surface area contributed by atoms with Crippen LogP contribution in [0.2, 0.25) is 0 Å². The van der Waals surface area contributed by atoms with Crippen molar-refractivity contribution < 1.29 is 9.53 Å². The molecule has 0 radical (unpaired) electrons. The molecule has 2 fully saturated rings. The highest BCUT2D eigenvalue weighted by Crippen LogP contribution is 2.31. The highest BCUT2D eigenvalue weighted by Gasteiger charge is 2.28. The summed E-state index contributed by atoms with van der Waals surface area (Å²) < 4.78 is 5.55. The zero-order chi connectivity index (χ0) is 12.4. The molecule has 0 aromatic heterocycles. The van der Waals surface area contributed by atoms with Crippen LogP contribution in [0.15, 0.2) is 16.8 Å². The van der Waals surface area contributed by atoms with E-state index in [2.05, 4.69) is 4.99 Å². The van der Waals surface area contributed by atoms with E-state index in [-0.39, 0.29) is 12.1 Å². The number of fused-ring (bicyclic) bond motifs is 1. The SMILES string of the molecule is O=C(OC1CCCC1)C1=CN=C2CCCCC2C1. The Morgan fingerprint density at radius 2 is 1.94 bits per heavy atom. The Morgan fingerprint density at radius 1 is 1.17 bits per heavy atom. The summed E-state index contributed by atoms with van der Waals surface area (Å²) in [5.74, 6) is 0.394. The number of rotatable bonds is 2. The van der Waals surface area contributed by atoms with Crippen LogP contribution < -0.4 is 0 Å². The fourth-order valence-corrected chi connectivity index (χ4v) is 3.31. The lowest BCUT2D eigenvalue weighted by Gasteiger charge is -2.27. The van der Waals surface area contributed by atoms with Crippen molar-refractivity contribution >= 4 is 11.7 Å². The quantitative estimate of drug-likeness (QED) is 0.701. The first-order valence-electron chi connectivity index (χ1n) is 7.29. The maximum atomic E-state index is 12.1. The first kappa shape index (κ1) is 11.9. The number of aliphatic imine (C=N–C) groups is 1. The largest absolute Gasteiger partial charge is 0.459 e. The molecule has 98 valence electrons. The number of esters is 1. The number of hydrogen-bond acceptors (Lipinski definition) is 3. The Kier molecular flexibility index (Phi) is 3.48. The number of carbonyl (C=O) groups excluding carboxylic acids is 1. The average Bonchev–Trinajstić information content (AvgIpc) is 2.91. The molecule has 3 nitrogen and oxygen atoms in total. The molecule has 2 saturated carbocycles. The van der Waals surface area contributed by atoms with Gasteiger partial charge in [0.15, 0.2) is 0 Å². The number of ether oxygens (including phenoxy) is 1. The molecule has 0 spiro atoms. The fourth-order valence-electron chi connectivity index (χ4n) is 3.31. The van der Waals surface area contributed by atoms with Gasteiger partial charge in [0.05, 0.1) is 5.57 Å². The summed E-state index contributed by atoms with van der Waals surface area (Å²) in [5.41, 5.74) is 2.09. The van der Waals surface area contributed by atoms with Gasteiger partial charge in [-0.25, -0.2) is 4.79 Å². The molecule has 0 aromatic rings. The van der Waals surface area contributed by atoms with Gasteiger partial charge in [-0.1, -0.05) is 6.42 Å². The normalized spacial score (nSPS) is 28.3. The Balaban J connectivity index is 1.63. The molecular formula is C15H21NO2. The minimum absolute atomic E-state index is 0.115. The van der Waals surface area contributed by atoms with Crippen LogP contribution in [0, 0.1) is 5.92 Å². The first-order valence-corrected chi connectivity index (χ1v) is 7.29. The summed E-state index contributed by atoms with van der Waals surface area (Å²) in [6, 6.07) is 0. The highest BCUT2D eigenvalue weighted by atomic mass is 16.5. The van der Waals surface area contributed by atoms with E-state index in [1.165, 1.54) is 37.8 Å². The van der Waals surface area contributed by atoms with Gasteiger partial charge in [-0.2, -0.15) is 0 Å². The number of nitrogens with zero attached hydrogens (tertiary/aromatic N) is 1. The lowest BCUT2D eigenvalue weighted by atomic mass is 9.82. The van der Waals surface area contributed by atoms with E-state index in [0.717, 1.165) is 31.3 Å². The minimum atomic E-state index is -0.115. The van der Waals surface area contributed by atoms with Gasteiger partial charge < -0.3 is 4.74 Å². The molecule has 3 heteroatoms. The van der Waals surface area contributed by atoms with Crippen molar-refractivity contribution in [3.05, 3.63) is 11.8 Å². The van der Waals surface area contributed by atoms with E-state index >= 15 is 0 Å². The van der Waals surface area contributed by atoms with Crippen LogP contribution in [0.1, 0.15) is 57.8 Å². The monoisotopic (exact) mass is 247 g/mol. The molecule has 0 bridgehead atoms. The average molecular weight is 247 g/mol. The van der Waals surface area contributed by atoms with Crippen LogP contribution in [0.4, 0.5) is 0 Å². The van der Waals surface area contributed by atoms with E-state index in [4.69, 9.17) is 4.74 Å². The van der Waals surface area contributed by atoms with Crippen LogP contribution in [-0.4, -0.2) is 17.8 Å². The van der Waals surface area contributed by atoms with Gasteiger partial charge >= 0.3 is 5.97 Å². The first-order chi connectivity index (χ1) is 8.83. The second-order valence-electron chi connectivity index (χ2n) is 5.73. The lowest BCUT2D eigenvalue weighted by molar-refractivity contribution is -0.144. The molecule has 1 heterocycles. The van der Waals surface area contributed by atoms with Crippen molar-refractivity contribution in [3.63, 3.8) is 0 Å². The Labute approximate surface area is 108 Å². The van der Waals surface area contributed by atoms with Crippen molar-refractivity contribution in [2.24, 2.45) is 10.9 Å². The van der Waals surface area contributed by atoms with Crippen molar-refractivity contribution in [2.45, 2.75) is 63.9 Å². The molecule has 0 aromatic carbocycles. The summed E-state index contributed by atoms with van der Waals surface area (Å²) in [5, 5.41) is 0. The maximum absolute atomic E-state index is 12.1. The molecule has 1 atom stereocenters. The van der Waals surface area contributed by atoms with E-state index < -0.39 is 0 Å². The molecule has 2 aliphatic carbocycles. The van der Waals surface area contributed by atoms with Gasteiger partial charge in [0.25, 0.3) is 0 Å². The fraction of sp³-hybridized carbons (Fsp3) is 0.733. The van der Waals surface area contributed by atoms with Gasteiger partial charge in [-0.05, 0) is 51.4 Å². The predicted molar refractivity (Wildman–Crippen MR) is 70.4 cm³/mol. The topological polar surface area (TPSA) is 38.7 Å². The molecule has 0 saturated heterocycles. The van der Waals surface area contributed by atoms with E-state index in [9.17, 15) is 4.79 Å². The van der Waals surface area contributed by atoms with Crippen molar-refractivity contribution in [1.82, 2.24) is 0 Å². The molecule has 3 rings (SSSR count). The van der Waals surface area contributed by atoms with E-state index in [0.29, 0.717) is 5.92 Å². The van der Waals surface area contributed by atoms with Gasteiger partial charge in [-0.15, -0.1) is 0 Å². The highest BCUT2D eigenvalue weighted by molar-refractivity contribution is 5.95. The van der Waals surface area contributed by atoms with Gasteiger partial charge in [0.2, 0.25) is 0 Å². The maximum Gasteiger partial charge on any atom is 0.335 e. The molecule has 0 N–H and O–H groups in total. The van der Waals surface area contributed by atoms with Gasteiger partial charge in [-0.3, -0.25) is 4.99 Å². The van der Waals surface area contributed by atoms with Crippen LogP contribution in [0.5, 0.6) is 0 Å². The summed E-state index contributed by atoms with van der Waals surface area (Å²) in [6.07, 6.45) is 12.1. The van der Waals surface area contributed by atoms with Crippen molar-refractivity contribution in [2.75, 3.05) is 0 Å². The molecule has 1 aliphatic heterocycles. The van der Waals surface area contributed by atoms with Crippen molar-refractivity contribution in [3.8, 4) is 0 Å². The standard InChI is InChI=1S/C15H21NO2/c17-15(18-13-6-2-3-7-13)12-9-11-5-1-4-8-14(11)16-10-12/h10-11,13H,1-9H2. The third kappa shape index (κ3) is 2.50. The van der Waals surface area contributed by atoms with Crippen LogP contribution in [-0.2, 0) is 9.53 Å². The van der Waals surface area contributed by atoms with E-state index in [1.807, 2.05) is 0 Å². The zero-order valence-electron chi connectivity index (χ0n) is 10.9. The third-order valence-corrected chi connectivity index (χ3v) is 4.40. The molecule has 3 aliphatic rings. The predicted octanol–water partition coefficient (Wildman–Crippen LogP) is 3.39. The Hall–Kier alpha value is -1.12. The van der Waals surface area contributed by atoms with Crippen LogP contribution in [0.25, 0.3) is 0 Å². The molecule has 1 unspecified atom stereocenters. The van der Waals surface area contributed by atoms with Gasteiger partial charge in [0.1, 0.15) is 6.10 Å². The summed E-state index contributed by atoms with van der Waals surface area (Å²) in [6.45, 7) is 0. The summed E-state index contributed by atoms with van der Waals surface area (Å²) in [4.78, 5) is 16.6. The van der Waals surface area contributed by atoms with Crippen molar-refractivity contribution in [1.29, 1.82) is 0 Å². The molecular weight excluding hydrogens is 226 g/mol. The molecule has 18 heavy (non-hydrogen) atoms. The Morgan fingerprint density at radius 3 is 2.78 bits per heavy atom. The smallest absolute Gasteiger partial charge is 0.335 e. The number of hydrogen-bond donors (Lipinski definition) is 0. The molecule has 0 amide bonds. The van der Waals surface area contributed by atoms with Crippen LogP contribution >= 0.6 is 0 Å². The number of carbonyl (C=O) groups is 1. The second kappa shape index (κ2) is 5.25. The summed E-state index contributed by atoms with van der Waals surface area (Å²) in [7, 11) is 0. The van der Waals surface area contributed by atoms with E-state index in [1.54, 1.807) is 6.20 Å². The Bertz CT molecular complexity index is 391. The lowest BCUT2D eigenvalue weighted by Crippen LogP contribution is -2.26.